The van der Waals surface area contributed by atoms with E-state index in [1.54, 1.807) is 0 Å². The highest BCUT2D eigenvalue weighted by Crippen LogP contribution is 2.23. The molecular weight excluding hydrogens is 375 g/mol. The average Bonchev–Trinajstić information content (AvgIpc) is 2.35. The van der Waals surface area contributed by atoms with Crippen LogP contribution in [0.3, 0.4) is 0 Å². The lowest BCUT2D eigenvalue weighted by Gasteiger charge is -2.31. The molecule has 1 aliphatic carbocycles. The Morgan fingerprint density at radius 1 is 1.19 bits per heavy atom. The molecule has 0 aromatic heterocycles. The van der Waals surface area contributed by atoms with Crippen molar-refractivity contribution in [3.8, 4) is 0 Å². The Kier molecular flexibility index (Phi) is 9.85. The second-order valence-corrected chi connectivity index (χ2v) is 7.43. The van der Waals surface area contributed by atoms with E-state index in [0.717, 1.165) is 25.0 Å². The molecule has 1 rings (SSSR count). The molecule has 0 aromatic rings. The number of nitrogens with zero attached hydrogens (tertiary/aromatic N) is 2. The Morgan fingerprint density at radius 3 is 2.24 bits per heavy atom. The maximum absolute atomic E-state index is 4.36. The van der Waals surface area contributed by atoms with Crippen molar-refractivity contribution in [1.82, 2.24) is 15.5 Å². The Balaban J connectivity index is 0.00000400. The number of aliphatic imine (C=N–C) groups is 1. The van der Waals surface area contributed by atoms with Gasteiger partial charge in [0.05, 0.1) is 0 Å². The van der Waals surface area contributed by atoms with Crippen LogP contribution < -0.4 is 10.6 Å². The molecule has 21 heavy (non-hydrogen) atoms. The Morgan fingerprint density at radius 2 is 1.76 bits per heavy atom. The molecule has 0 spiro atoms. The van der Waals surface area contributed by atoms with Crippen LogP contribution in [-0.4, -0.2) is 51.1 Å². The molecule has 0 aromatic carbocycles. The summed E-state index contributed by atoms with van der Waals surface area (Å²) in [4.78, 5) is 6.60. The van der Waals surface area contributed by atoms with Crippen LogP contribution in [0.15, 0.2) is 4.99 Å². The maximum Gasteiger partial charge on any atom is 0.191 e. The third-order valence-corrected chi connectivity index (χ3v) is 4.06. The number of hydrogen-bond acceptors (Lipinski definition) is 2. The summed E-state index contributed by atoms with van der Waals surface area (Å²) in [6.45, 7) is 8.93. The van der Waals surface area contributed by atoms with Crippen LogP contribution in [0.4, 0.5) is 0 Å². The zero-order chi connectivity index (χ0) is 15.2. The normalized spacial score (nSPS) is 23.7. The van der Waals surface area contributed by atoms with Crippen molar-refractivity contribution in [3.63, 3.8) is 0 Å². The molecule has 0 saturated heterocycles. The van der Waals surface area contributed by atoms with Crippen LogP contribution in [0.2, 0.25) is 0 Å². The molecule has 0 amide bonds. The van der Waals surface area contributed by atoms with E-state index in [9.17, 15) is 0 Å². The largest absolute Gasteiger partial charge is 0.356 e. The number of guanidine groups is 1. The number of rotatable bonds is 5. The molecular formula is C16H35IN4. The molecule has 0 radical (unpaired) electrons. The van der Waals surface area contributed by atoms with Gasteiger partial charge in [-0.25, -0.2) is 0 Å². The van der Waals surface area contributed by atoms with Crippen molar-refractivity contribution < 1.29 is 0 Å². The molecule has 5 heteroatoms. The topological polar surface area (TPSA) is 39.7 Å². The van der Waals surface area contributed by atoms with E-state index in [4.69, 9.17) is 0 Å². The number of hydrogen-bond donors (Lipinski definition) is 2. The third-order valence-electron chi connectivity index (χ3n) is 4.06. The quantitative estimate of drug-likeness (QED) is 0.416. The van der Waals surface area contributed by atoms with Crippen molar-refractivity contribution in [2.45, 2.75) is 52.5 Å². The summed E-state index contributed by atoms with van der Waals surface area (Å²) in [5.41, 5.74) is 0.238. The van der Waals surface area contributed by atoms with Crippen molar-refractivity contribution in [1.29, 1.82) is 0 Å². The van der Waals surface area contributed by atoms with Crippen LogP contribution in [0, 0.1) is 11.3 Å². The molecule has 0 aliphatic heterocycles. The highest BCUT2D eigenvalue weighted by atomic mass is 127. The van der Waals surface area contributed by atoms with Crippen LogP contribution in [0.25, 0.3) is 0 Å². The fraction of sp³-hybridized carbons (Fsp3) is 0.938. The lowest BCUT2D eigenvalue weighted by molar-refractivity contribution is 0.240. The second-order valence-electron chi connectivity index (χ2n) is 7.43. The zero-order valence-corrected chi connectivity index (χ0v) is 17.0. The molecule has 0 atom stereocenters. The molecule has 1 aliphatic rings. The summed E-state index contributed by atoms with van der Waals surface area (Å²) in [5.74, 6) is 1.85. The monoisotopic (exact) mass is 410 g/mol. The maximum atomic E-state index is 4.36. The van der Waals surface area contributed by atoms with Crippen molar-refractivity contribution in [2.24, 2.45) is 16.3 Å². The first-order valence-corrected chi connectivity index (χ1v) is 7.94. The first kappa shape index (κ1) is 21.0. The van der Waals surface area contributed by atoms with Gasteiger partial charge in [0.25, 0.3) is 0 Å². The Hall–Kier alpha value is -0.0400. The van der Waals surface area contributed by atoms with Gasteiger partial charge in [0.1, 0.15) is 0 Å². The predicted octanol–water partition coefficient (Wildman–Crippen LogP) is 2.94. The van der Waals surface area contributed by atoms with E-state index in [2.05, 4.69) is 55.4 Å². The molecule has 1 fully saturated rings. The van der Waals surface area contributed by atoms with Crippen molar-refractivity contribution in [2.75, 3.05) is 34.2 Å². The Labute approximate surface area is 148 Å². The molecule has 1 saturated carbocycles. The zero-order valence-electron chi connectivity index (χ0n) is 14.7. The van der Waals surface area contributed by atoms with Gasteiger partial charge in [-0.3, -0.25) is 4.99 Å². The standard InChI is InChI=1S/C16H34N4.HI/c1-13-7-9-14(10-8-13)19-15(17-4)18-11-16(2,3)12-20(5)6;/h13-14H,7-12H2,1-6H3,(H2,17,18,19);1H. The fourth-order valence-corrected chi connectivity index (χ4v) is 3.03. The second kappa shape index (κ2) is 9.87. The van der Waals surface area contributed by atoms with E-state index in [0.29, 0.717) is 6.04 Å². The van der Waals surface area contributed by atoms with Gasteiger partial charge in [-0.05, 0) is 51.1 Å². The third kappa shape index (κ3) is 8.86. The van der Waals surface area contributed by atoms with E-state index >= 15 is 0 Å². The smallest absolute Gasteiger partial charge is 0.191 e. The van der Waals surface area contributed by atoms with Crippen LogP contribution >= 0.6 is 24.0 Å². The van der Waals surface area contributed by atoms with Gasteiger partial charge in [0.15, 0.2) is 5.96 Å². The summed E-state index contributed by atoms with van der Waals surface area (Å²) in [7, 11) is 6.11. The lowest BCUT2D eigenvalue weighted by Crippen LogP contribution is -2.48. The van der Waals surface area contributed by atoms with Gasteiger partial charge < -0.3 is 15.5 Å². The predicted molar refractivity (Wildman–Crippen MR) is 104 cm³/mol. The first-order chi connectivity index (χ1) is 9.32. The van der Waals surface area contributed by atoms with Gasteiger partial charge >= 0.3 is 0 Å². The van der Waals surface area contributed by atoms with Crippen molar-refractivity contribution >= 4 is 29.9 Å². The SMILES string of the molecule is CN=C(NCC(C)(C)CN(C)C)NC1CCC(C)CC1.I. The average molecular weight is 410 g/mol. The van der Waals surface area contributed by atoms with Gasteiger partial charge in [-0.2, -0.15) is 0 Å². The van der Waals surface area contributed by atoms with Crippen LogP contribution in [0.5, 0.6) is 0 Å². The van der Waals surface area contributed by atoms with Gasteiger partial charge in [-0.1, -0.05) is 20.8 Å². The minimum absolute atomic E-state index is 0. The minimum Gasteiger partial charge on any atom is -0.356 e. The highest BCUT2D eigenvalue weighted by molar-refractivity contribution is 14.0. The molecule has 4 nitrogen and oxygen atoms in total. The fourth-order valence-electron chi connectivity index (χ4n) is 3.03. The molecule has 0 heterocycles. The summed E-state index contributed by atoms with van der Waals surface area (Å²) in [5, 5.41) is 7.06. The summed E-state index contributed by atoms with van der Waals surface area (Å²) in [6, 6.07) is 0.592. The molecule has 0 unspecified atom stereocenters. The minimum atomic E-state index is 0. The van der Waals surface area contributed by atoms with Gasteiger partial charge in [0.2, 0.25) is 0 Å². The van der Waals surface area contributed by atoms with E-state index in [-0.39, 0.29) is 29.4 Å². The van der Waals surface area contributed by atoms with E-state index < -0.39 is 0 Å². The summed E-state index contributed by atoms with van der Waals surface area (Å²) in [6.07, 6.45) is 5.20. The summed E-state index contributed by atoms with van der Waals surface area (Å²) < 4.78 is 0. The summed E-state index contributed by atoms with van der Waals surface area (Å²) >= 11 is 0. The van der Waals surface area contributed by atoms with Crippen molar-refractivity contribution in [3.05, 3.63) is 0 Å². The van der Waals surface area contributed by atoms with Gasteiger partial charge in [0, 0.05) is 26.2 Å². The van der Waals surface area contributed by atoms with Crippen LogP contribution in [-0.2, 0) is 0 Å². The highest BCUT2D eigenvalue weighted by Gasteiger charge is 2.21. The molecule has 2 N–H and O–H groups in total. The lowest BCUT2D eigenvalue weighted by atomic mass is 9.87. The van der Waals surface area contributed by atoms with Gasteiger partial charge in [-0.15, -0.1) is 24.0 Å². The number of halogens is 1. The number of nitrogens with one attached hydrogen (secondary N) is 2. The Bertz CT molecular complexity index is 307. The molecule has 126 valence electrons. The van der Waals surface area contributed by atoms with E-state index in [1.165, 1.54) is 25.7 Å². The van der Waals surface area contributed by atoms with Crippen LogP contribution in [0.1, 0.15) is 46.5 Å². The molecule has 0 bridgehead atoms. The van der Waals surface area contributed by atoms with E-state index in [1.807, 2.05) is 7.05 Å². The first-order valence-electron chi connectivity index (χ1n) is 7.94.